The molecule has 0 heterocycles. The van der Waals surface area contributed by atoms with Gasteiger partial charge in [0, 0.05) is 12.3 Å². The van der Waals surface area contributed by atoms with Crippen molar-refractivity contribution in [2.75, 3.05) is 0 Å². The predicted molar refractivity (Wildman–Crippen MR) is 43.9 cm³/mol. The van der Waals surface area contributed by atoms with Gasteiger partial charge in [0.1, 0.15) is 5.78 Å². The van der Waals surface area contributed by atoms with Crippen LogP contribution in [0, 0.1) is 5.92 Å². The second-order valence-electron chi connectivity index (χ2n) is 2.73. The second-order valence-corrected chi connectivity index (χ2v) is 2.73. The van der Waals surface area contributed by atoms with Crippen LogP contribution >= 0.6 is 0 Å². The van der Waals surface area contributed by atoms with E-state index >= 15 is 0 Å². The van der Waals surface area contributed by atoms with Crippen LogP contribution in [-0.2, 0) is 4.79 Å². The Morgan fingerprint density at radius 1 is 1.50 bits per heavy atom. The van der Waals surface area contributed by atoms with Crippen LogP contribution in [0.4, 0.5) is 0 Å². The first-order valence-corrected chi connectivity index (χ1v) is 3.82. The van der Waals surface area contributed by atoms with Crippen LogP contribution in [0.25, 0.3) is 0 Å². The standard InChI is InChI=1S/C9H16O/c1-4-5-6-7-9(10)8(2)3/h4-5,8H,6-7H2,1-3H3/b5-4+. The van der Waals surface area contributed by atoms with Crippen molar-refractivity contribution in [2.45, 2.75) is 33.6 Å². The van der Waals surface area contributed by atoms with Crippen LogP contribution in [-0.4, -0.2) is 5.78 Å². The third-order valence-electron chi connectivity index (χ3n) is 1.44. The first-order valence-electron chi connectivity index (χ1n) is 3.82. The highest BCUT2D eigenvalue weighted by molar-refractivity contribution is 5.80. The van der Waals surface area contributed by atoms with E-state index in [-0.39, 0.29) is 5.92 Å². The zero-order valence-corrected chi connectivity index (χ0v) is 7.05. The normalized spacial score (nSPS) is 11.2. The summed E-state index contributed by atoms with van der Waals surface area (Å²) in [4.78, 5) is 11.0. The average Bonchev–Trinajstić information content (AvgIpc) is 1.88. The number of carbonyl (C=O) groups excluding carboxylic acids is 1. The van der Waals surface area contributed by atoms with E-state index in [4.69, 9.17) is 0 Å². The number of ketones is 1. The SMILES string of the molecule is C/C=C/CCC(=O)C(C)C. The Morgan fingerprint density at radius 2 is 2.10 bits per heavy atom. The van der Waals surface area contributed by atoms with Gasteiger partial charge in [0.05, 0.1) is 0 Å². The van der Waals surface area contributed by atoms with Gasteiger partial charge >= 0.3 is 0 Å². The lowest BCUT2D eigenvalue weighted by molar-refractivity contribution is -0.121. The van der Waals surface area contributed by atoms with Crippen molar-refractivity contribution in [3.05, 3.63) is 12.2 Å². The Balaban J connectivity index is 3.40. The molecule has 0 amide bonds. The molecule has 0 saturated carbocycles. The molecule has 1 heteroatoms. The lowest BCUT2D eigenvalue weighted by Crippen LogP contribution is -2.05. The maximum Gasteiger partial charge on any atom is 0.135 e. The van der Waals surface area contributed by atoms with Crippen molar-refractivity contribution in [1.82, 2.24) is 0 Å². The lowest BCUT2D eigenvalue weighted by atomic mass is 10.0. The third kappa shape index (κ3) is 4.30. The first-order chi connectivity index (χ1) is 4.68. The summed E-state index contributed by atoms with van der Waals surface area (Å²) in [5, 5.41) is 0. The van der Waals surface area contributed by atoms with Crippen molar-refractivity contribution in [3.63, 3.8) is 0 Å². The van der Waals surface area contributed by atoms with E-state index in [9.17, 15) is 4.79 Å². The summed E-state index contributed by atoms with van der Waals surface area (Å²) in [6.07, 6.45) is 5.60. The minimum absolute atomic E-state index is 0.199. The first kappa shape index (κ1) is 9.41. The van der Waals surface area contributed by atoms with Crippen molar-refractivity contribution in [1.29, 1.82) is 0 Å². The van der Waals surface area contributed by atoms with Gasteiger partial charge in [-0.3, -0.25) is 4.79 Å². The molecule has 0 aliphatic carbocycles. The molecule has 0 saturated heterocycles. The molecule has 0 aromatic carbocycles. The molecule has 0 unspecified atom stereocenters. The van der Waals surface area contributed by atoms with E-state index in [0.29, 0.717) is 12.2 Å². The Hall–Kier alpha value is -0.590. The van der Waals surface area contributed by atoms with E-state index in [2.05, 4.69) is 0 Å². The fourth-order valence-corrected chi connectivity index (χ4v) is 0.681. The van der Waals surface area contributed by atoms with Crippen molar-refractivity contribution in [3.8, 4) is 0 Å². The van der Waals surface area contributed by atoms with Gasteiger partial charge in [0.25, 0.3) is 0 Å². The van der Waals surface area contributed by atoms with Gasteiger partial charge in [-0.1, -0.05) is 26.0 Å². The third-order valence-corrected chi connectivity index (χ3v) is 1.44. The quantitative estimate of drug-likeness (QED) is 0.548. The van der Waals surface area contributed by atoms with Crippen molar-refractivity contribution >= 4 is 5.78 Å². The molecule has 58 valence electrons. The summed E-state index contributed by atoms with van der Waals surface area (Å²) in [6.45, 7) is 5.86. The van der Waals surface area contributed by atoms with E-state index in [0.717, 1.165) is 6.42 Å². The van der Waals surface area contributed by atoms with Crippen molar-refractivity contribution in [2.24, 2.45) is 5.92 Å². The molecule has 0 aromatic heterocycles. The zero-order valence-electron chi connectivity index (χ0n) is 7.05. The molecule has 0 radical (unpaired) electrons. The minimum atomic E-state index is 0.199. The van der Waals surface area contributed by atoms with Crippen LogP contribution < -0.4 is 0 Å². The Labute approximate surface area is 63.1 Å². The van der Waals surface area contributed by atoms with Gasteiger partial charge in [0.15, 0.2) is 0 Å². The van der Waals surface area contributed by atoms with E-state index in [1.807, 2.05) is 32.9 Å². The fourth-order valence-electron chi connectivity index (χ4n) is 0.681. The maximum atomic E-state index is 11.0. The monoisotopic (exact) mass is 140 g/mol. The maximum absolute atomic E-state index is 11.0. The smallest absolute Gasteiger partial charge is 0.135 e. The predicted octanol–water partition coefficient (Wildman–Crippen LogP) is 2.57. The summed E-state index contributed by atoms with van der Waals surface area (Å²) in [7, 11) is 0. The zero-order chi connectivity index (χ0) is 7.98. The molecule has 0 rings (SSSR count). The molecule has 1 nitrogen and oxygen atoms in total. The minimum Gasteiger partial charge on any atom is -0.299 e. The van der Waals surface area contributed by atoms with Gasteiger partial charge in [-0.05, 0) is 13.3 Å². The molecule has 0 bridgehead atoms. The molecule has 0 spiro atoms. The average molecular weight is 140 g/mol. The molecular formula is C9H16O. The summed E-state index contributed by atoms with van der Waals surface area (Å²) >= 11 is 0. The van der Waals surface area contributed by atoms with Crippen LogP contribution in [0.2, 0.25) is 0 Å². The molecule has 0 aliphatic heterocycles. The second kappa shape index (κ2) is 5.21. The van der Waals surface area contributed by atoms with Gasteiger partial charge in [0.2, 0.25) is 0 Å². The summed E-state index contributed by atoms with van der Waals surface area (Å²) in [5.41, 5.74) is 0. The largest absolute Gasteiger partial charge is 0.299 e. The van der Waals surface area contributed by atoms with E-state index in [1.54, 1.807) is 0 Å². The van der Waals surface area contributed by atoms with Crippen LogP contribution in [0.15, 0.2) is 12.2 Å². The van der Waals surface area contributed by atoms with Gasteiger partial charge in [-0.25, -0.2) is 0 Å². The van der Waals surface area contributed by atoms with Gasteiger partial charge in [-0.15, -0.1) is 0 Å². The highest BCUT2D eigenvalue weighted by Crippen LogP contribution is 2.01. The Bertz CT molecular complexity index is 123. The van der Waals surface area contributed by atoms with Gasteiger partial charge in [-0.2, -0.15) is 0 Å². The number of rotatable bonds is 4. The molecule has 0 atom stereocenters. The topological polar surface area (TPSA) is 17.1 Å². The highest BCUT2D eigenvalue weighted by atomic mass is 16.1. The number of allylic oxidation sites excluding steroid dienone is 2. The summed E-state index contributed by atoms with van der Waals surface area (Å²) in [6, 6.07) is 0. The molecule has 0 N–H and O–H groups in total. The summed E-state index contributed by atoms with van der Waals surface area (Å²) in [5.74, 6) is 0.559. The number of carbonyl (C=O) groups is 1. The highest BCUT2D eigenvalue weighted by Gasteiger charge is 2.03. The Kier molecular flexibility index (Phi) is 4.91. The lowest BCUT2D eigenvalue weighted by Gasteiger charge is -1.99. The van der Waals surface area contributed by atoms with Crippen molar-refractivity contribution < 1.29 is 4.79 Å². The molecule has 10 heavy (non-hydrogen) atoms. The molecule has 0 aromatic rings. The number of hydrogen-bond acceptors (Lipinski definition) is 1. The van der Waals surface area contributed by atoms with Crippen LogP contribution in [0.3, 0.4) is 0 Å². The van der Waals surface area contributed by atoms with Crippen LogP contribution in [0.1, 0.15) is 33.6 Å². The molecule has 0 aliphatic rings. The molecule has 0 fully saturated rings. The van der Waals surface area contributed by atoms with E-state index < -0.39 is 0 Å². The number of hydrogen-bond donors (Lipinski definition) is 0. The number of Topliss-reactive ketones (excluding diaryl/α,β-unsaturated/α-hetero) is 1. The fraction of sp³-hybridized carbons (Fsp3) is 0.667. The molecular weight excluding hydrogens is 124 g/mol. The summed E-state index contributed by atoms with van der Waals surface area (Å²) < 4.78 is 0. The van der Waals surface area contributed by atoms with Gasteiger partial charge < -0.3 is 0 Å². The van der Waals surface area contributed by atoms with Crippen LogP contribution in [0.5, 0.6) is 0 Å². The van der Waals surface area contributed by atoms with E-state index in [1.165, 1.54) is 0 Å². The Morgan fingerprint density at radius 3 is 2.50 bits per heavy atom.